The van der Waals surface area contributed by atoms with Gasteiger partial charge in [-0.15, -0.1) is 0 Å². The summed E-state index contributed by atoms with van der Waals surface area (Å²) >= 11 is 0.972. The minimum absolute atomic E-state index is 0.0892. The van der Waals surface area contributed by atoms with E-state index in [-0.39, 0.29) is 16.5 Å². The summed E-state index contributed by atoms with van der Waals surface area (Å²) in [6.07, 6.45) is 0. The number of hydrogen-bond donors (Lipinski definition) is 1. The van der Waals surface area contributed by atoms with Gasteiger partial charge < -0.3 is 9.84 Å². The molecule has 0 saturated heterocycles. The Morgan fingerprint density at radius 3 is 2.88 bits per heavy atom. The first-order valence-electron chi connectivity index (χ1n) is 4.57. The summed E-state index contributed by atoms with van der Waals surface area (Å²) < 4.78 is 22.1. The number of benzene rings is 1. The molecule has 0 bridgehead atoms. The maximum absolute atomic E-state index is 13.0. The number of halogens is 1. The van der Waals surface area contributed by atoms with Crippen molar-refractivity contribution in [2.75, 3.05) is 0 Å². The second kappa shape index (κ2) is 4.46. The maximum atomic E-state index is 13.0. The Hall–Kier alpha value is -2.02. The van der Waals surface area contributed by atoms with Crippen molar-refractivity contribution in [2.24, 2.45) is 0 Å². The van der Waals surface area contributed by atoms with Gasteiger partial charge in [-0.2, -0.15) is 9.36 Å². The molecule has 1 N–H and O–H groups in total. The number of ether oxygens (including phenoxy) is 1. The SMILES string of the molecule is Cc1nsc(Oc2cc(F)ccc2C(=O)O)n1. The summed E-state index contributed by atoms with van der Waals surface area (Å²) in [6, 6.07) is 3.20. The van der Waals surface area contributed by atoms with E-state index in [0.29, 0.717) is 5.82 Å². The van der Waals surface area contributed by atoms with Crippen LogP contribution in [-0.2, 0) is 0 Å². The van der Waals surface area contributed by atoms with E-state index >= 15 is 0 Å². The number of carbonyl (C=O) groups is 1. The average molecular weight is 254 g/mol. The number of carboxylic acid groups (broad SMARTS) is 1. The van der Waals surface area contributed by atoms with Crippen molar-refractivity contribution in [1.29, 1.82) is 0 Å². The number of hydrogen-bond acceptors (Lipinski definition) is 5. The number of nitrogens with zero attached hydrogens (tertiary/aromatic N) is 2. The van der Waals surface area contributed by atoms with E-state index in [1.165, 1.54) is 0 Å². The van der Waals surface area contributed by atoms with E-state index in [1.807, 2.05) is 0 Å². The second-order valence-electron chi connectivity index (χ2n) is 3.16. The van der Waals surface area contributed by atoms with Crippen LogP contribution in [0.25, 0.3) is 0 Å². The molecule has 0 atom stereocenters. The van der Waals surface area contributed by atoms with Crippen LogP contribution in [0.1, 0.15) is 16.2 Å². The fourth-order valence-electron chi connectivity index (χ4n) is 1.17. The van der Waals surface area contributed by atoms with Crippen LogP contribution in [0.15, 0.2) is 18.2 Å². The molecule has 0 spiro atoms. The van der Waals surface area contributed by atoms with Gasteiger partial charge in [0.25, 0.3) is 5.19 Å². The number of aryl methyl sites for hydroxylation is 1. The Kier molecular flexibility index (Phi) is 3.01. The minimum atomic E-state index is -1.19. The third-order valence-corrected chi connectivity index (χ3v) is 2.57. The van der Waals surface area contributed by atoms with Crippen LogP contribution in [0, 0.1) is 12.7 Å². The summed E-state index contributed by atoms with van der Waals surface area (Å²) in [5.41, 5.74) is -0.126. The number of aromatic carboxylic acids is 1. The Bertz CT molecular complexity index is 570. The summed E-state index contributed by atoms with van der Waals surface area (Å²) in [5.74, 6) is -1.35. The highest BCUT2D eigenvalue weighted by atomic mass is 32.1. The molecule has 0 aliphatic rings. The van der Waals surface area contributed by atoms with Gasteiger partial charge in [0, 0.05) is 17.6 Å². The quantitative estimate of drug-likeness (QED) is 0.910. The second-order valence-corrected chi connectivity index (χ2v) is 3.87. The monoisotopic (exact) mass is 254 g/mol. The molecule has 0 fully saturated rings. The van der Waals surface area contributed by atoms with E-state index in [1.54, 1.807) is 6.92 Å². The molecule has 0 saturated carbocycles. The number of aromatic nitrogens is 2. The van der Waals surface area contributed by atoms with Crippen LogP contribution in [0.3, 0.4) is 0 Å². The summed E-state index contributed by atoms with van der Waals surface area (Å²) in [5, 5.41) is 9.08. The highest BCUT2D eigenvalue weighted by Gasteiger charge is 2.14. The fraction of sp³-hybridized carbons (Fsp3) is 0.100. The van der Waals surface area contributed by atoms with Gasteiger partial charge in [-0.1, -0.05) is 0 Å². The molecule has 5 nitrogen and oxygen atoms in total. The smallest absolute Gasteiger partial charge is 0.339 e. The van der Waals surface area contributed by atoms with Crippen LogP contribution in [0.2, 0.25) is 0 Å². The van der Waals surface area contributed by atoms with Gasteiger partial charge >= 0.3 is 5.97 Å². The number of carboxylic acids is 1. The Morgan fingerprint density at radius 1 is 1.53 bits per heavy atom. The van der Waals surface area contributed by atoms with Crippen molar-refractivity contribution in [3.05, 3.63) is 35.4 Å². The van der Waals surface area contributed by atoms with E-state index < -0.39 is 11.8 Å². The molecule has 0 amide bonds. The first kappa shape index (κ1) is 11.5. The van der Waals surface area contributed by atoms with Gasteiger partial charge in [-0.3, -0.25) is 0 Å². The van der Waals surface area contributed by atoms with Gasteiger partial charge in [0.1, 0.15) is 23.0 Å². The predicted molar refractivity (Wildman–Crippen MR) is 58.1 cm³/mol. The zero-order valence-corrected chi connectivity index (χ0v) is 9.49. The molecule has 1 heterocycles. The summed E-state index contributed by atoms with van der Waals surface area (Å²) in [4.78, 5) is 14.8. The normalized spacial score (nSPS) is 10.2. The number of rotatable bonds is 3. The third kappa shape index (κ3) is 2.56. The molecule has 1 aromatic carbocycles. The highest BCUT2D eigenvalue weighted by molar-refractivity contribution is 7.07. The lowest BCUT2D eigenvalue weighted by molar-refractivity contribution is 0.0694. The van der Waals surface area contributed by atoms with Gasteiger partial charge in [-0.25, -0.2) is 9.18 Å². The molecule has 1 aromatic heterocycles. The molecule has 0 aliphatic heterocycles. The predicted octanol–water partition coefficient (Wildman–Crippen LogP) is 2.48. The first-order chi connectivity index (χ1) is 8.06. The van der Waals surface area contributed by atoms with E-state index in [0.717, 1.165) is 29.7 Å². The van der Waals surface area contributed by atoms with E-state index in [9.17, 15) is 9.18 Å². The fourth-order valence-corrected chi connectivity index (χ4v) is 1.72. The van der Waals surface area contributed by atoms with Crippen LogP contribution < -0.4 is 4.74 Å². The van der Waals surface area contributed by atoms with Crippen molar-refractivity contribution in [3.8, 4) is 10.9 Å². The van der Waals surface area contributed by atoms with Gasteiger partial charge in [0.05, 0.1) is 0 Å². The largest absolute Gasteiger partial charge is 0.478 e. The highest BCUT2D eigenvalue weighted by Crippen LogP contribution is 2.27. The van der Waals surface area contributed by atoms with Gasteiger partial charge in [0.15, 0.2) is 0 Å². The Morgan fingerprint density at radius 2 is 2.29 bits per heavy atom. The molecule has 7 heteroatoms. The maximum Gasteiger partial charge on any atom is 0.339 e. The molecule has 17 heavy (non-hydrogen) atoms. The molecule has 0 aliphatic carbocycles. The summed E-state index contributed by atoms with van der Waals surface area (Å²) in [7, 11) is 0. The molecule has 2 rings (SSSR count). The van der Waals surface area contributed by atoms with Gasteiger partial charge in [0.2, 0.25) is 0 Å². The zero-order valence-electron chi connectivity index (χ0n) is 8.68. The minimum Gasteiger partial charge on any atom is -0.478 e. The zero-order chi connectivity index (χ0) is 12.4. The molecule has 2 aromatic rings. The summed E-state index contributed by atoms with van der Waals surface area (Å²) in [6.45, 7) is 1.67. The van der Waals surface area contributed by atoms with Crippen LogP contribution in [0.4, 0.5) is 4.39 Å². The lowest BCUT2D eigenvalue weighted by Crippen LogP contribution is -2.00. The molecule has 0 unspecified atom stereocenters. The van der Waals surface area contributed by atoms with Crippen LogP contribution in [0.5, 0.6) is 10.9 Å². The lowest BCUT2D eigenvalue weighted by Gasteiger charge is -2.04. The Balaban J connectivity index is 2.37. The first-order valence-corrected chi connectivity index (χ1v) is 5.34. The van der Waals surface area contributed by atoms with Gasteiger partial charge in [-0.05, 0) is 19.1 Å². The van der Waals surface area contributed by atoms with Crippen molar-refractivity contribution < 1.29 is 19.0 Å². The lowest BCUT2D eigenvalue weighted by atomic mass is 10.2. The van der Waals surface area contributed by atoms with Crippen molar-refractivity contribution in [1.82, 2.24) is 9.36 Å². The molecule has 0 radical (unpaired) electrons. The van der Waals surface area contributed by atoms with E-state index in [2.05, 4.69) is 9.36 Å². The van der Waals surface area contributed by atoms with E-state index in [4.69, 9.17) is 9.84 Å². The Labute approximate surface area is 99.7 Å². The van der Waals surface area contributed by atoms with Crippen molar-refractivity contribution in [2.45, 2.75) is 6.92 Å². The van der Waals surface area contributed by atoms with Crippen LogP contribution in [-0.4, -0.2) is 20.4 Å². The third-order valence-electron chi connectivity index (χ3n) is 1.88. The average Bonchev–Trinajstić information content (AvgIpc) is 2.63. The molecular weight excluding hydrogens is 247 g/mol. The van der Waals surface area contributed by atoms with Crippen molar-refractivity contribution in [3.63, 3.8) is 0 Å². The molecular formula is C10H7FN2O3S. The van der Waals surface area contributed by atoms with Crippen molar-refractivity contribution >= 4 is 17.5 Å². The molecule has 88 valence electrons. The van der Waals surface area contributed by atoms with Crippen LogP contribution >= 0.6 is 11.5 Å². The standard InChI is InChI=1S/C10H7FN2O3S/c1-5-12-10(17-13-5)16-8-4-6(11)2-3-7(8)9(14)15/h2-4H,1H3,(H,14,15). The topological polar surface area (TPSA) is 72.3 Å².